The summed E-state index contributed by atoms with van der Waals surface area (Å²) in [6, 6.07) is -1.52. The minimum Gasteiger partial charge on any atom is -0.477 e. The lowest BCUT2D eigenvalue weighted by molar-refractivity contribution is -0.150. The fraction of sp³-hybridized carbons (Fsp3) is 0.438. The summed E-state index contributed by atoms with van der Waals surface area (Å²) in [5.41, 5.74) is 7.49. The SMILES string of the molecule is CC1=C(C(=O)O)N2C(=O)[C@H](NC(=O)[C@H](N)C3=CCC=CC3)[C@H]2SC1. The van der Waals surface area contributed by atoms with Crippen molar-refractivity contribution in [1.82, 2.24) is 10.2 Å². The third-order valence-corrected chi connectivity index (χ3v) is 5.80. The number of hydrogen-bond donors (Lipinski definition) is 3. The van der Waals surface area contributed by atoms with Crippen molar-refractivity contribution in [1.29, 1.82) is 0 Å². The van der Waals surface area contributed by atoms with E-state index in [2.05, 4.69) is 5.32 Å². The van der Waals surface area contributed by atoms with Gasteiger partial charge in [0.05, 0.1) is 0 Å². The van der Waals surface area contributed by atoms with Crippen LogP contribution < -0.4 is 11.1 Å². The van der Waals surface area contributed by atoms with E-state index >= 15 is 0 Å². The van der Waals surface area contributed by atoms with Gasteiger partial charge in [0.2, 0.25) is 5.91 Å². The summed E-state index contributed by atoms with van der Waals surface area (Å²) in [7, 11) is 0. The van der Waals surface area contributed by atoms with Crippen LogP contribution >= 0.6 is 11.8 Å². The van der Waals surface area contributed by atoms with E-state index in [1.54, 1.807) is 6.92 Å². The van der Waals surface area contributed by atoms with E-state index < -0.39 is 29.9 Å². The van der Waals surface area contributed by atoms with Crippen molar-refractivity contribution in [3.05, 3.63) is 35.1 Å². The molecular weight excluding hydrogens is 330 g/mol. The topological polar surface area (TPSA) is 113 Å². The lowest BCUT2D eigenvalue weighted by Gasteiger charge is -2.49. The number of amides is 2. The maximum Gasteiger partial charge on any atom is 0.352 e. The molecule has 1 aliphatic carbocycles. The molecule has 2 amide bonds. The fourth-order valence-electron chi connectivity index (χ4n) is 3.06. The Morgan fingerprint density at radius 3 is 2.83 bits per heavy atom. The second-order valence-electron chi connectivity index (χ2n) is 6.00. The molecule has 0 aromatic carbocycles. The minimum absolute atomic E-state index is 0.0265. The van der Waals surface area contributed by atoms with Crippen LogP contribution in [0.3, 0.4) is 0 Å². The number of fused-ring (bicyclic) bond motifs is 1. The van der Waals surface area contributed by atoms with E-state index in [1.807, 2.05) is 18.2 Å². The van der Waals surface area contributed by atoms with Crippen LogP contribution in [0.1, 0.15) is 19.8 Å². The molecule has 2 aliphatic heterocycles. The maximum atomic E-state index is 12.3. The molecule has 0 bridgehead atoms. The lowest BCUT2D eigenvalue weighted by atomic mass is 9.97. The van der Waals surface area contributed by atoms with E-state index in [4.69, 9.17) is 5.73 Å². The van der Waals surface area contributed by atoms with Gasteiger partial charge in [-0.2, -0.15) is 0 Å². The molecular formula is C16H19N3O4S. The summed E-state index contributed by atoms with van der Waals surface area (Å²) in [4.78, 5) is 37.3. The predicted molar refractivity (Wildman–Crippen MR) is 89.8 cm³/mol. The summed E-state index contributed by atoms with van der Waals surface area (Å²) in [5.74, 6) is -1.41. The molecule has 2 heterocycles. The maximum absolute atomic E-state index is 12.3. The lowest BCUT2D eigenvalue weighted by Crippen LogP contribution is -2.71. The first-order valence-corrected chi connectivity index (χ1v) is 8.74. The van der Waals surface area contributed by atoms with Gasteiger partial charge in [0.1, 0.15) is 23.2 Å². The van der Waals surface area contributed by atoms with Gasteiger partial charge < -0.3 is 16.2 Å². The van der Waals surface area contributed by atoms with Gasteiger partial charge in [-0.1, -0.05) is 18.2 Å². The van der Waals surface area contributed by atoms with E-state index in [-0.39, 0.29) is 11.1 Å². The normalized spacial score (nSPS) is 27.2. The van der Waals surface area contributed by atoms with Gasteiger partial charge in [-0.05, 0) is 30.9 Å². The number of carbonyl (C=O) groups is 3. The summed E-state index contributed by atoms with van der Waals surface area (Å²) in [5, 5.41) is 11.6. The number of nitrogens with zero attached hydrogens (tertiary/aromatic N) is 1. The van der Waals surface area contributed by atoms with Crippen molar-refractivity contribution in [2.45, 2.75) is 37.2 Å². The number of β-lactam (4-membered cyclic amide) rings is 1. The molecule has 1 saturated heterocycles. The van der Waals surface area contributed by atoms with Gasteiger partial charge in [0.15, 0.2) is 0 Å². The Kier molecular flexibility index (Phi) is 4.51. The molecule has 3 atom stereocenters. The average molecular weight is 349 g/mol. The van der Waals surface area contributed by atoms with Crippen molar-refractivity contribution >= 4 is 29.5 Å². The van der Waals surface area contributed by atoms with Crippen molar-refractivity contribution in [3.63, 3.8) is 0 Å². The molecule has 0 aromatic rings. The van der Waals surface area contributed by atoms with E-state index in [0.29, 0.717) is 17.7 Å². The summed E-state index contributed by atoms with van der Waals surface area (Å²) < 4.78 is 0. The van der Waals surface area contributed by atoms with Gasteiger partial charge in [-0.3, -0.25) is 14.5 Å². The zero-order valence-electron chi connectivity index (χ0n) is 13.2. The van der Waals surface area contributed by atoms with Gasteiger partial charge in [0.25, 0.3) is 5.91 Å². The van der Waals surface area contributed by atoms with Gasteiger partial charge in [-0.15, -0.1) is 11.8 Å². The number of aliphatic carboxylic acids is 1. The van der Waals surface area contributed by atoms with Crippen LogP contribution in [0.25, 0.3) is 0 Å². The molecule has 3 aliphatic rings. The second-order valence-corrected chi connectivity index (χ2v) is 7.10. The highest BCUT2D eigenvalue weighted by Crippen LogP contribution is 2.40. The Bertz CT molecular complexity index is 697. The zero-order chi connectivity index (χ0) is 17.4. The molecule has 0 radical (unpaired) electrons. The highest BCUT2D eigenvalue weighted by atomic mass is 32.2. The predicted octanol–water partition coefficient (Wildman–Crippen LogP) is 0.349. The molecule has 4 N–H and O–H groups in total. The quantitative estimate of drug-likeness (QED) is 0.499. The average Bonchev–Trinajstić information content (AvgIpc) is 2.59. The number of allylic oxidation sites excluding steroid dienone is 3. The molecule has 0 unspecified atom stereocenters. The van der Waals surface area contributed by atoms with Crippen molar-refractivity contribution in [2.75, 3.05) is 5.75 Å². The molecule has 3 rings (SSSR count). The Morgan fingerprint density at radius 1 is 1.46 bits per heavy atom. The van der Waals surface area contributed by atoms with Gasteiger partial charge in [-0.25, -0.2) is 4.79 Å². The molecule has 24 heavy (non-hydrogen) atoms. The summed E-state index contributed by atoms with van der Waals surface area (Å²) in [6.45, 7) is 1.70. The van der Waals surface area contributed by atoms with Crippen molar-refractivity contribution in [3.8, 4) is 0 Å². The molecule has 7 nitrogen and oxygen atoms in total. The number of carbonyl (C=O) groups excluding carboxylic acids is 2. The summed E-state index contributed by atoms with van der Waals surface area (Å²) in [6.07, 6.45) is 7.26. The first kappa shape index (κ1) is 16.8. The first-order chi connectivity index (χ1) is 11.4. The molecule has 0 aromatic heterocycles. The third-order valence-electron chi connectivity index (χ3n) is 4.38. The molecule has 0 spiro atoms. The fourth-order valence-corrected chi connectivity index (χ4v) is 4.35. The van der Waals surface area contributed by atoms with Crippen LogP contribution in [-0.4, -0.2) is 51.0 Å². The van der Waals surface area contributed by atoms with Crippen LogP contribution in [0.4, 0.5) is 0 Å². The smallest absolute Gasteiger partial charge is 0.352 e. The molecule has 128 valence electrons. The minimum atomic E-state index is -1.12. The highest BCUT2D eigenvalue weighted by Gasteiger charge is 2.53. The summed E-state index contributed by atoms with van der Waals surface area (Å²) >= 11 is 1.45. The first-order valence-electron chi connectivity index (χ1n) is 7.69. The van der Waals surface area contributed by atoms with Crippen LogP contribution in [0.5, 0.6) is 0 Å². The number of hydrogen-bond acceptors (Lipinski definition) is 5. The monoisotopic (exact) mass is 349 g/mol. The number of nitrogens with one attached hydrogen (secondary N) is 1. The third kappa shape index (κ3) is 2.76. The zero-order valence-corrected chi connectivity index (χ0v) is 14.0. The molecule has 0 saturated carbocycles. The molecule has 8 heteroatoms. The highest BCUT2D eigenvalue weighted by molar-refractivity contribution is 8.00. The Balaban J connectivity index is 1.68. The number of nitrogens with two attached hydrogens (primary N) is 1. The largest absolute Gasteiger partial charge is 0.477 e. The Labute approximate surface area is 143 Å². The van der Waals surface area contributed by atoms with Crippen molar-refractivity contribution < 1.29 is 19.5 Å². The number of rotatable bonds is 4. The standard InChI is InChI=1S/C16H19N3O4S/c1-8-7-24-15-11(14(21)19(15)12(8)16(22)23)18-13(20)10(17)9-5-3-2-4-6-9/h2-3,6,10-11,15H,4-5,7,17H2,1H3,(H,18,20)(H,22,23)/t10-,11+,15-/m1/s1. The van der Waals surface area contributed by atoms with Crippen LogP contribution in [0.2, 0.25) is 0 Å². The van der Waals surface area contributed by atoms with E-state index in [0.717, 1.165) is 12.0 Å². The van der Waals surface area contributed by atoms with E-state index in [9.17, 15) is 19.5 Å². The second kappa shape index (κ2) is 6.45. The number of carboxylic acids is 1. The van der Waals surface area contributed by atoms with Gasteiger partial charge in [0, 0.05) is 5.75 Å². The van der Waals surface area contributed by atoms with Crippen LogP contribution in [0.15, 0.2) is 35.1 Å². The van der Waals surface area contributed by atoms with Crippen LogP contribution in [-0.2, 0) is 14.4 Å². The molecule has 1 fully saturated rings. The van der Waals surface area contributed by atoms with Gasteiger partial charge >= 0.3 is 5.97 Å². The number of carboxylic acid groups (broad SMARTS) is 1. The Morgan fingerprint density at radius 2 is 2.21 bits per heavy atom. The number of thioether (sulfide) groups is 1. The van der Waals surface area contributed by atoms with Crippen molar-refractivity contribution in [2.24, 2.45) is 5.73 Å². The van der Waals surface area contributed by atoms with E-state index in [1.165, 1.54) is 16.7 Å². The Hall–Kier alpha value is -2.06. The van der Waals surface area contributed by atoms with Crippen LogP contribution in [0, 0.1) is 0 Å².